The van der Waals surface area contributed by atoms with Crippen molar-refractivity contribution < 1.29 is 14.4 Å². The Morgan fingerprint density at radius 1 is 1.20 bits per heavy atom. The summed E-state index contributed by atoms with van der Waals surface area (Å²) in [7, 11) is 0. The first kappa shape index (κ1) is 14.2. The Labute approximate surface area is 121 Å². The van der Waals surface area contributed by atoms with Crippen LogP contribution in [0.25, 0.3) is 9.88 Å². The molecule has 0 aliphatic carbocycles. The monoisotopic (exact) mass is 310 g/mol. The number of aromatic nitrogens is 1. The Kier molecular flexibility index (Phi) is 4.11. The van der Waals surface area contributed by atoms with Crippen molar-refractivity contribution in [1.29, 1.82) is 0 Å². The van der Waals surface area contributed by atoms with Crippen LogP contribution in [-0.2, 0) is 9.59 Å². The van der Waals surface area contributed by atoms with Gasteiger partial charge in [0.05, 0.1) is 4.88 Å². The highest BCUT2D eigenvalue weighted by Gasteiger charge is 2.25. The van der Waals surface area contributed by atoms with Crippen LogP contribution >= 0.6 is 22.7 Å². The maximum atomic E-state index is 11.9. The molecule has 0 spiro atoms. The smallest absolute Gasteiger partial charge is 0.271 e. The first-order valence-corrected chi connectivity index (χ1v) is 7.14. The van der Waals surface area contributed by atoms with Crippen molar-refractivity contribution in [1.82, 2.24) is 10.3 Å². The molecule has 0 aliphatic rings. The molecule has 0 aromatic carbocycles. The van der Waals surface area contributed by atoms with E-state index in [9.17, 15) is 14.4 Å². The first-order valence-electron chi connectivity index (χ1n) is 5.38. The standard InChI is InChI=1S/C11H10N4O3S2/c12-8(16)7(9(13)17)15-10(18)5-4-20-11(14-5)6-2-1-3-19-6/h1-4,7H,(H2,12,16)(H2,13,17)(H,15,18). The number of thiophene rings is 1. The average Bonchev–Trinajstić information content (AvgIpc) is 3.04. The number of nitrogens with one attached hydrogen (secondary N) is 1. The predicted octanol–water partition coefficient (Wildman–Crippen LogP) is -0.0594. The minimum Gasteiger partial charge on any atom is -0.367 e. The van der Waals surface area contributed by atoms with Gasteiger partial charge in [0.1, 0.15) is 10.7 Å². The minimum absolute atomic E-state index is 0.103. The third kappa shape index (κ3) is 3.00. The fraction of sp³-hybridized carbons (Fsp3) is 0.0909. The van der Waals surface area contributed by atoms with Crippen LogP contribution in [0.5, 0.6) is 0 Å². The highest BCUT2D eigenvalue weighted by molar-refractivity contribution is 7.20. The Hall–Kier alpha value is -2.26. The second-order valence-electron chi connectivity index (χ2n) is 3.73. The molecule has 5 N–H and O–H groups in total. The van der Waals surface area contributed by atoms with E-state index in [1.54, 1.807) is 0 Å². The lowest BCUT2D eigenvalue weighted by atomic mass is 10.2. The molecule has 20 heavy (non-hydrogen) atoms. The second-order valence-corrected chi connectivity index (χ2v) is 5.53. The molecule has 2 aromatic rings. The molecule has 2 rings (SSSR count). The number of hydrogen-bond acceptors (Lipinski definition) is 6. The highest BCUT2D eigenvalue weighted by atomic mass is 32.1. The van der Waals surface area contributed by atoms with E-state index < -0.39 is 23.8 Å². The lowest BCUT2D eigenvalue weighted by Gasteiger charge is -2.10. The summed E-state index contributed by atoms with van der Waals surface area (Å²) in [5.41, 5.74) is 10.1. The van der Waals surface area contributed by atoms with Crippen LogP contribution in [0.4, 0.5) is 0 Å². The van der Waals surface area contributed by atoms with Crippen LogP contribution in [0.1, 0.15) is 10.5 Å². The van der Waals surface area contributed by atoms with Crippen molar-refractivity contribution in [2.45, 2.75) is 6.04 Å². The Morgan fingerprint density at radius 2 is 1.90 bits per heavy atom. The van der Waals surface area contributed by atoms with E-state index in [-0.39, 0.29) is 5.69 Å². The number of hydrogen-bond donors (Lipinski definition) is 3. The first-order chi connectivity index (χ1) is 9.49. The molecule has 0 bridgehead atoms. The number of carbonyl (C=O) groups excluding carboxylic acids is 3. The molecule has 104 valence electrons. The average molecular weight is 310 g/mol. The Morgan fingerprint density at radius 3 is 2.45 bits per heavy atom. The van der Waals surface area contributed by atoms with Crippen molar-refractivity contribution in [3.05, 3.63) is 28.6 Å². The van der Waals surface area contributed by atoms with Gasteiger partial charge < -0.3 is 16.8 Å². The quantitative estimate of drug-likeness (QED) is 0.668. The zero-order valence-electron chi connectivity index (χ0n) is 10.0. The summed E-state index contributed by atoms with van der Waals surface area (Å²) in [6, 6.07) is 2.20. The minimum atomic E-state index is -1.55. The molecule has 2 aromatic heterocycles. The zero-order valence-corrected chi connectivity index (χ0v) is 11.7. The molecule has 0 saturated carbocycles. The van der Waals surface area contributed by atoms with E-state index in [4.69, 9.17) is 11.5 Å². The van der Waals surface area contributed by atoms with Crippen molar-refractivity contribution in [2.24, 2.45) is 11.5 Å². The molecule has 0 saturated heterocycles. The van der Waals surface area contributed by atoms with Gasteiger partial charge in [0.15, 0.2) is 6.04 Å². The van der Waals surface area contributed by atoms with Crippen LogP contribution in [0, 0.1) is 0 Å². The summed E-state index contributed by atoms with van der Waals surface area (Å²) in [4.78, 5) is 38.9. The molecule has 0 radical (unpaired) electrons. The van der Waals surface area contributed by atoms with Gasteiger partial charge in [-0.05, 0) is 11.4 Å². The number of rotatable bonds is 5. The van der Waals surface area contributed by atoms with E-state index in [1.165, 1.54) is 28.1 Å². The van der Waals surface area contributed by atoms with Crippen LogP contribution in [0.3, 0.4) is 0 Å². The Balaban J connectivity index is 2.14. The number of thiazole rings is 1. The molecule has 9 heteroatoms. The van der Waals surface area contributed by atoms with Crippen molar-refractivity contribution in [2.75, 3.05) is 0 Å². The molecule has 0 aliphatic heterocycles. The molecule has 3 amide bonds. The van der Waals surface area contributed by atoms with Crippen molar-refractivity contribution >= 4 is 40.4 Å². The van der Waals surface area contributed by atoms with Crippen LogP contribution in [0.2, 0.25) is 0 Å². The summed E-state index contributed by atoms with van der Waals surface area (Å²) in [6.07, 6.45) is 0. The van der Waals surface area contributed by atoms with Gasteiger partial charge in [-0.2, -0.15) is 0 Å². The van der Waals surface area contributed by atoms with Gasteiger partial charge in [-0.3, -0.25) is 14.4 Å². The molecule has 7 nitrogen and oxygen atoms in total. The zero-order chi connectivity index (χ0) is 14.7. The number of amides is 3. The third-order valence-electron chi connectivity index (χ3n) is 2.31. The molecule has 0 unspecified atom stereocenters. The molecular weight excluding hydrogens is 300 g/mol. The third-order valence-corrected chi connectivity index (χ3v) is 4.19. The summed E-state index contributed by atoms with van der Waals surface area (Å²) in [5, 5.41) is 6.26. The second kappa shape index (κ2) is 5.80. The van der Waals surface area contributed by atoms with Gasteiger partial charge >= 0.3 is 0 Å². The normalized spacial score (nSPS) is 10.4. The topological polar surface area (TPSA) is 128 Å². The van der Waals surface area contributed by atoms with E-state index >= 15 is 0 Å². The lowest BCUT2D eigenvalue weighted by molar-refractivity contribution is -0.128. The van der Waals surface area contributed by atoms with Crippen molar-refractivity contribution in [3.63, 3.8) is 0 Å². The number of nitrogens with two attached hydrogens (primary N) is 2. The highest BCUT2D eigenvalue weighted by Crippen LogP contribution is 2.27. The molecule has 0 fully saturated rings. The van der Waals surface area contributed by atoms with E-state index in [0.717, 1.165) is 4.88 Å². The largest absolute Gasteiger partial charge is 0.367 e. The fourth-order valence-electron chi connectivity index (χ4n) is 1.38. The fourth-order valence-corrected chi connectivity index (χ4v) is 2.99. The molecular formula is C11H10N4O3S2. The summed E-state index contributed by atoms with van der Waals surface area (Å²) in [6.45, 7) is 0. The van der Waals surface area contributed by atoms with Crippen molar-refractivity contribution in [3.8, 4) is 9.88 Å². The lowest BCUT2D eigenvalue weighted by Crippen LogP contribution is -2.52. The summed E-state index contributed by atoms with van der Waals surface area (Å²) in [5.74, 6) is -2.70. The molecule has 0 atom stereocenters. The van der Waals surface area contributed by atoms with Gasteiger partial charge in [-0.25, -0.2) is 4.98 Å². The SMILES string of the molecule is NC(=O)C(NC(=O)c1csc(-c2cccs2)n1)C(N)=O. The predicted molar refractivity (Wildman–Crippen MR) is 75.1 cm³/mol. The van der Waals surface area contributed by atoms with Crippen LogP contribution in [0.15, 0.2) is 22.9 Å². The number of nitrogens with zero attached hydrogens (tertiary/aromatic N) is 1. The van der Waals surface area contributed by atoms with Gasteiger partial charge in [0.2, 0.25) is 11.8 Å². The maximum absolute atomic E-state index is 11.9. The van der Waals surface area contributed by atoms with E-state index in [2.05, 4.69) is 10.3 Å². The van der Waals surface area contributed by atoms with Crippen LogP contribution < -0.4 is 16.8 Å². The number of carbonyl (C=O) groups is 3. The van der Waals surface area contributed by atoms with E-state index in [1.807, 2.05) is 17.5 Å². The Bertz CT molecular complexity index is 636. The number of primary amides is 2. The maximum Gasteiger partial charge on any atom is 0.271 e. The summed E-state index contributed by atoms with van der Waals surface area (Å²) >= 11 is 2.78. The van der Waals surface area contributed by atoms with Gasteiger partial charge in [0.25, 0.3) is 5.91 Å². The van der Waals surface area contributed by atoms with Crippen LogP contribution in [-0.4, -0.2) is 28.7 Å². The van der Waals surface area contributed by atoms with Gasteiger partial charge in [-0.15, -0.1) is 22.7 Å². The van der Waals surface area contributed by atoms with Gasteiger partial charge in [0, 0.05) is 5.38 Å². The van der Waals surface area contributed by atoms with E-state index in [0.29, 0.717) is 5.01 Å². The molecule has 2 heterocycles. The summed E-state index contributed by atoms with van der Waals surface area (Å²) < 4.78 is 0. The van der Waals surface area contributed by atoms with Gasteiger partial charge in [-0.1, -0.05) is 6.07 Å².